The molecule has 0 unspecified atom stereocenters. The number of benzene rings is 1. The molecule has 15 heavy (non-hydrogen) atoms. The molecule has 2 amide bonds. The first-order chi connectivity index (χ1) is 7.17. The summed E-state index contributed by atoms with van der Waals surface area (Å²) in [5, 5.41) is 8.11. The van der Waals surface area contributed by atoms with Gasteiger partial charge in [-0.15, -0.1) is 0 Å². The zero-order valence-electron chi connectivity index (χ0n) is 8.63. The molecule has 0 saturated carbocycles. The lowest BCUT2D eigenvalue weighted by molar-refractivity contribution is -0.114. The van der Waals surface area contributed by atoms with Crippen LogP contribution in [0, 0.1) is 0 Å². The summed E-state index contributed by atoms with van der Waals surface area (Å²) < 4.78 is 0. The Morgan fingerprint density at radius 1 is 1.33 bits per heavy atom. The Labute approximate surface area is 87.9 Å². The molecule has 80 valence electrons. The van der Waals surface area contributed by atoms with Crippen LogP contribution in [0.4, 0.5) is 17.1 Å². The quantitative estimate of drug-likeness (QED) is 0.651. The van der Waals surface area contributed by atoms with E-state index in [1.807, 2.05) is 0 Å². The number of amides is 2. The molecule has 0 saturated heterocycles. The third kappa shape index (κ3) is 2.98. The van der Waals surface area contributed by atoms with Gasteiger partial charge in [-0.25, -0.2) is 0 Å². The Balaban J connectivity index is 2.98. The van der Waals surface area contributed by atoms with Crippen LogP contribution in [0.1, 0.15) is 6.92 Å². The Morgan fingerprint density at radius 3 is 2.60 bits per heavy atom. The normalized spacial score (nSPS) is 9.20. The van der Waals surface area contributed by atoms with Crippen LogP contribution in [0.25, 0.3) is 0 Å². The first kappa shape index (κ1) is 11.0. The van der Waals surface area contributed by atoms with Crippen molar-refractivity contribution in [2.45, 2.75) is 6.92 Å². The summed E-state index contributed by atoms with van der Waals surface area (Å²) in [6.07, 6.45) is 0.591. The highest BCUT2D eigenvalue weighted by Crippen LogP contribution is 2.24. The van der Waals surface area contributed by atoms with E-state index in [0.29, 0.717) is 17.8 Å². The van der Waals surface area contributed by atoms with Gasteiger partial charge in [-0.3, -0.25) is 9.59 Å². The summed E-state index contributed by atoms with van der Waals surface area (Å²) in [5.41, 5.74) is 2.06. The maximum Gasteiger partial charge on any atom is 0.221 e. The van der Waals surface area contributed by atoms with Crippen LogP contribution in [-0.4, -0.2) is 19.4 Å². The molecule has 0 aromatic heterocycles. The summed E-state index contributed by atoms with van der Waals surface area (Å²) in [6, 6.07) is 5.21. The highest BCUT2D eigenvalue weighted by Gasteiger charge is 2.02. The van der Waals surface area contributed by atoms with E-state index in [9.17, 15) is 9.59 Å². The summed E-state index contributed by atoms with van der Waals surface area (Å²) in [5.74, 6) is -0.149. The van der Waals surface area contributed by atoms with Crippen LogP contribution >= 0.6 is 0 Å². The number of nitrogens with one attached hydrogen (secondary N) is 3. The molecule has 0 fully saturated rings. The molecular weight excluding hydrogens is 194 g/mol. The molecule has 0 spiro atoms. The van der Waals surface area contributed by atoms with E-state index in [0.717, 1.165) is 5.69 Å². The highest BCUT2D eigenvalue weighted by molar-refractivity contribution is 5.91. The standard InChI is InChI=1S/C10H13N3O2/c1-7(15)13-8-3-4-9(11-2)10(5-8)12-6-14/h3-6,11H,1-2H3,(H,12,14)(H,13,15). The molecular formula is C10H13N3O2. The lowest BCUT2D eigenvalue weighted by Crippen LogP contribution is -2.07. The Morgan fingerprint density at radius 2 is 2.07 bits per heavy atom. The van der Waals surface area contributed by atoms with Crippen molar-refractivity contribution in [3.05, 3.63) is 18.2 Å². The number of rotatable bonds is 4. The lowest BCUT2D eigenvalue weighted by Gasteiger charge is -2.10. The average Bonchev–Trinajstić information content (AvgIpc) is 2.18. The summed E-state index contributed by atoms with van der Waals surface area (Å²) in [7, 11) is 1.75. The van der Waals surface area contributed by atoms with Crippen molar-refractivity contribution in [2.24, 2.45) is 0 Å². The van der Waals surface area contributed by atoms with Crippen LogP contribution in [0.2, 0.25) is 0 Å². The Hall–Kier alpha value is -2.04. The van der Waals surface area contributed by atoms with Gasteiger partial charge in [0.2, 0.25) is 12.3 Å². The molecule has 0 aliphatic carbocycles. The molecule has 0 aliphatic heterocycles. The van der Waals surface area contributed by atoms with E-state index in [4.69, 9.17) is 0 Å². The smallest absolute Gasteiger partial charge is 0.221 e. The van der Waals surface area contributed by atoms with Crippen LogP contribution in [-0.2, 0) is 9.59 Å². The molecule has 1 aromatic rings. The fraction of sp³-hybridized carbons (Fsp3) is 0.200. The molecule has 0 atom stereocenters. The number of hydrogen-bond donors (Lipinski definition) is 3. The maximum absolute atomic E-state index is 10.8. The van der Waals surface area contributed by atoms with E-state index in [2.05, 4.69) is 16.0 Å². The van der Waals surface area contributed by atoms with Gasteiger partial charge in [0.15, 0.2) is 0 Å². The molecule has 5 nitrogen and oxygen atoms in total. The third-order valence-corrected chi connectivity index (χ3v) is 1.82. The lowest BCUT2D eigenvalue weighted by atomic mass is 10.2. The molecule has 3 N–H and O–H groups in total. The van der Waals surface area contributed by atoms with E-state index in [-0.39, 0.29) is 5.91 Å². The Kier molecular flexibility index (Phi) is 3.68. The van der Waals surface area contributed by atoms with Gasteiger partial charge in [0.25, 0.3) is 0 Å². The number of carbonyl (C=O) groups excluding carboxylic acids is 2. The molecule has 5 heteroatoms. The van der Waals surface area contributed by atoms with Gasteiger partial charge in [-0.2, -0.15) is 0 Å². The minimum Gasteiger partial charge on any atom is -0.386 e. The monoisotopic (exact) mass is 207 g/mol. The Bertz CT molecular complexity index is 377. The first-order valence-corrected chi connectivity index (χ1v) is 4.47. The fourth-order valence-electron chi connectivity index (χ4n) is 1.23. The van der Waals surface area contributed by atoms with Crippen LogP contribution in [0.5, 0.6) is 0 Å². The topological polar surface area (TPSA) is 70.2 Å². The molecule has 1 aromatic carbocycles. The van der Waals surface area contributed by atoms with Crippen molar-refractivity contribution < 1.29 is 9.59 Å². The van der Waals surface area contributed by atoms with Crippen LogP contribution in [0.15, 0.2) is 18.2 Å². The number of hydrogen-bond acceptors (Lipinski definition) is 3. The van der Waals surface area contributed by atoms with Crippen molar-refractivity contribution >= 4 is 29.4 Å². The van der Waals surface area contributed by atoms with E-state index >= 15 is 0 Å². The first-order valence-electron chi connectivity index (χ1n) is 4.47. The zero-order valence-corrected chi connectivity index (χ0v) is 8.63. The van der Waals surface area contributed by atoms with Crippen molar-refractivity contribution in [3.63, 3.8) is 0 Å². The molecule has 1 rings (SSSR count). The van der Waals surface area contributed by atoms with E-state index in [1.54, 1.807) is 25.2 Å². The van der Waals surface area contributed by atoms with E-state index < -0.39 is 0 Å². The summed E-state index contributed by atoms with van der Waals surface area (Å²) in [4.78, 5) is 21.2. The van der Waals surface area contributed by atoms with Crippen molar-refractivity contribution in [2.75, 3.05) is 23.0 Å². The van der Waals surface area contributed by atoms with Crippen molar-refractivity contribution in [1.82, 2.24) is 0 Å². The predicted octanol–water partition coefficient (Wildman–Crippen LogP) is 1.25. The SMILES string of the molecule is CNc1ccc(NC(C)=O)cc1NC=O. The summed E-state index contributed by atoms with van der Waals surface area (Å²) >= 11 is 0. The minimum atomic E-state index is -0.149. The second-order valence-corrected chi connectivity index (χ2v) is 2.95. The van der Waals surface area contributed by atoms with E-state index in [1.165, 1.54) is 6.92 Å². The largest absolute Gasteiger partial charge is 0.386 e. The molecule has 0 radical (unpaired) electrons. The molecule has 0 heterocycles. The van der Waals surface area contributed by atoms with Crippen LogP contribution < -0.4 is 16.0 Å². The van der Waals surface area contributed by atoms with Crippen molar-refractivity contribution in [1.29, 1.82) is 0 Å². The third-order valence-electron chi connectivity index (χ3n) is 1.82. The van der Waals surface area contributed by atoms with Gasteiger partial charge in [0.1, 0.15) is 0 Å². The van der Waals surface area contributed by atoms with Crippen LogP contribution in [0.3, 0.4) is 0 Å². The fourth-order valence-corrected chi connectivity index (χ4v) is 1.23. The predicted molar refractivity (Wildman–Crippen MR) is 60.0 cm³/mol. The van der Waals surface area contributed by atoms with Gasteiger partial charge in [-0.1, -0.05) is 0 Å². The summed E-state index contributed by atoms with van der Waals surface area (Å²) in [6.45, 7) is 1.43. The van der Waals surface area contributed by atoms with Crippen molar-refractivity contribution in [3.8, 4) is 0 Å². The second-order valence-electron chi connectivity index (χ2n) is 2.95. The molecule has 0 aliphatic rings. The van der Waals surface area contributed by atoms with Gasteiger partial charge in [-0.05, 0) is 18.2 Å². The van der Waals surface area contributed by atoms with Gasteiger partial charge in [0, 0.05) is 19.7 Å². The molecule has 0 bridgehead atoms. The average molecular weight is 207 g/mol. The number of anilines is 3. The van der Waals surface area contributed by atoms with Gasteiger partial charge >= 0.3 is 0 Å². The minimum absolute atomic E-state index is 0.149. The second kappa shape index (κ2) is 4.99. The van der Waals surface area contributed by atoms with Gasteiger partial charge in [0.05, 0.1) is 11.4 Å². The van der Waals surface area contributed by atoms with Gasteiger partial charge < -0.3 is 16.0 Å². The zero-order chi connectivity index (χ0) is 11.3. The maximum atomic E-state index is 10.8. The number of carbonyl (C=O) groups is 2. The highest BCUT2D eigenvalue weighted by atomic mass is 16.1.